The zero-order valence-electron chi connectivity index (χ0n) is 19.2. The minimum atomic E-state index is -4.04. The van der Waals surface area contributed by atoms with Gasteiger partial charge >= 0.3 is 10.1 Å². The third-order valence-electron chi connectivity index (χ3n) is 5.67. The van der Waals surface area contributed by atoms with Crippen molar-refractivity contribution >= 4 is 27.6 Å². The quantitative estimate of drug-likeness (QED) is 0.375. The van der Waals surface area contributed by atoms with Gasteiger partial charge in [0.15, 0.2) is 0 Å². The van der Waals surface area contributed by atoms with Gasteiger partial charge in [0, 0.05) is 19.7 Å². The van der Waals surface area contributed by atoms with E-state index in [9.17, 15) is 13.2 Å². The Morgan fingerprint density at radius 3 is 2.51 bits per heavy atom. The Bertz CT molecular complexity index is 1270. The molecule has 0 radical (unpaired) electrons. The number of hydrogen-bond donors (Lipinski definition) is 0. The molecule has 184 valence electrons. The van der Waals surface area contributed by atoms with Crippen LogP contribution in [0.15, 0.2) is 77.7 Å². The molecular formula is C26H26ClNO6S. The van der Waals surface area contributed by atoms with E-state index in [4.69, 9.17) is 25.3 Å². The Balaban J connectivity index is 1.54. The van der Waals surface area contributed by atoms with Gasteiger partial charge in [-0.1, -0.05) is 35.9 Å². The SMILES string of the molecule is COc1ccc(S(=O)(=O)Oc2cccc(CN(CC3CCCO3)C(=O)c3ccccc3Cl)c2)cc1. The van der Waals surface area contributed by atoms with Gasteiger partial charge in [-0.2, -0.15) is 8.42 Å². The Kier molecular flexibility index (Phi) is 7.95. The topological polar surface area (TPSA) is 82.1 Å². The average Bonchev–Trinajstić information content (AvgIpc) is 3.37. The van der Waals surface area contributed by atoms with Crippen molar-refractivity contribution < 1.29 is 26.9 Å². The highest BCUT2D eigenvalue weighted by Gasteiger charge is 2.25. The van der Waals surface area contributed by atoms with Crippen LogP contribution in [0.3, 0.4) is 0 Å². The Hall–Kier alpha value is -3.07. The summed E-state index contributed by atoms with van der Waals surface area (Å²) >= 11 is 6.28. The van der Waals surface area contributed by atoms with E-state index in [-0.39, 0.29) is 29.2 Å². The molecule has 1 aliphatic rings. The molecule has 0 aliphatic carbocycles. The molecule has 0 saturated carbocycles. The lowest BCUT2D eigenvalue weighted by Crippen LogP contribution is -2.37. The number of halogens is 1. The van der Waals surface area contributed by atoms with Gasteiger partial charge in [-0.15, -0.1) is 0 Å². The van der Waals surface area contributed by atoms with Crippen LogP contribution in [-0.2, 0) is 21.4 Å². The van der Waals surface area contributed by atoms with Gasteiger partial charge in [-0.05, 0) is 66.9 Å². The third kappa shape index (κ3) is 6.33. The third-order valence-corrected chi connectivity index (χ3v) is 7.26. The first-order chi connectivity index (χ1) is 16.9. The molecule has 1 heterocycles. The summed E-state index contributed by atoms with van der Waals surface area (Å²) in [7, 11) is -2.54. The average molecular weight is 516 g/mol. The number of carbonyl (C=O) groups excluding carboxylic acids is 1. The van der Waals surface area contributed by atoms with E-state index in [1.54, 1.807) is 59.5 Å². The van der Waals surface area contributed by atoms with E-state index < -0.39 is 10.1 Å². The number of methoxy groups -OCH3 is 1. The summed E-state index contributed by atoms with van der Waals surface area (Å²) < 4.78 is 41.7. The van der Waals surface area contributed by atoms with Crippen molar-refractivity contribution in [2.75, 3.05) is 20.3 Å². The summed E-state index contributed by atoms with van der Waals surface area (Å²) in [4.78, 5) is 15.0. The highest BCUT2D eigenvalue weighted by molar-refractivity contribution is 7.87. The molecular weight excluding hydrogens is 490 g/mol. The molecule has 1 aliphatic heterocycles. The molecule has 3 aromatic rings. The van der Waals surface area contributed by atoms with Crippen LogP contribution in [0.2, 0.25) is 5.02 Å². The van der Waals surface area contributed by atoms with Gasteiger partial charge in [0.1, 0.15) is 16.4 Å². The molecule has 9 heteroatoms. The van der Waals surface area contributed by atoms with Crippen molar-refractivity contribution in [3.8, 4) is 11.5 Å². The number of carbonyl (C=O) groups is 1. The molecule has 3 aromatic carbocycles. The molecule has 4 rings (SSSR count). The van der Waals surface area contributed by atoms with Gasteiger partial charge in [0.2, 0.25) is 0 Å². The fraction of sp³-hybridized carbons (Fsp3) is 0.269. The molecule has 0 aromatic heterocycles. The summed E-state index contributed by atoms with van der Waals surface area (Å²) in [5, 5.41) is 0.373. The smallest absolute Gasteiger partial charge is 0.339 e. The van der Waals surface area contributed by atoms with E-state index in [2.05, 4.69) is 0 Å². The summed E-state index contributed by atoms with van der Waals surface area (Å²) in [6.45, 7) is 1.31. The van der Waals surface area contributed by atoms with Crippen LogP contribution in [0.4, 0.5) is 0 Å². The molecule has 0 spiro atoms. The van der Waals surface area contributed by atoms with E-state index in [0.29, 0.717) is 35.1 Å². The Morgan fingerprint density at radius 2 is 1.83 bits per heavy atom. The van der Waals surface area contributed by atoms with Crippen molar-refractivity contribution in [3.63, 3.8) is 0 Å². The molecule has 7 nitrogen and oxygen atoms in total. The summed E-state index contributed by atoms with van der Waals surface area (Å²) in [6, 6.07) is 19.5. The van der Waals surface area contributed by atoms with Gasteiger partial charge in [-0.3, -0.25) is 4.79 Å². The van der Waals surface area contributed by atoms with E-state index >= 15 is 0 Å². The van der Waals surface area contributed by atoms with Gasteiger partial charge in [0.25, 0.3) is 5.91 Å². The fourth-order valence-electron chi connectivity index (χ4n) is 3.89. The first-order valence-electron chi connectivity index (χ1n) is 11.2. The lowest BCUT2D eigenvalue weighted by atomic mass is 10.1. The number of hydrogen-bond acceptors (Lipinski definition) is 6. The second kappa shape index (κ2) is 11.1. The molecule has 1 unspecified atom stereocenters. The van der Waals surface area contributed by atoms with Crippen molar-refractivity contribution in [1.82, 2.24) is 4.90 Å². The highest BCUT2D eigenvalue weighted by atomic mass is 35.5. The molecule has 1 atom stereocenters. The second-order valence-electron chi connectivity index (χ2n) is 8.16. The molecule has 1 fully saturated rings. The summed E-state index contributed by atoms with van der Waals surface area (Å²) in [5.74, 6) is 0.476. The molecule has 0 N–H and O–H groups in total. The number of benzene rings is 3. The number of ether oxygens (including phenoxy) is 2. The van der Waals surface area contributed by atoms with Crippen molar-refractivity contribution in [2.45, 2.75) is 30.4 Å². The monoisotopic (exact) mass is 515 g/mol. The number of amides is 1. The van der Waals surface area contributed by atoms with E-state index in [1.807, 2.05) is 6.07 Å². The minimum Gasteiger partial charge on any atom is -0.497 e. The maximum atomic E-state index is 13.4. The van der Waals surface area contributed by atoms with Crippen LogP contribution in [-0.4, -0.2) is 45.6 Å². The van der Waals surface area contributed by atoms with Crippen molar-refractivity contribution in [3.05, 3.63) is 88.9 Å². The number of nitrogens with zero attached hydrogens (tertiary/aromatic N) is 1. The normalized spacial score (nSPS) is 15.5. The van der Waals surface area contributed by atoms with Crippen LogP contribution in [0.25, 0.3) is 0 Å². The lowest BCUT2D eigenvalue weighted by molar-refractivity contribution is 0.0507. The van der Waals surface area contributed by atoms with Crippen LogP contribution in [0.1, 0.15) is 28.8 Å². The molecule has 1 amide bonds. The van der Waals surface area contributed by atoms with Crippen molar-refractivity contribution in [1.29, 1.82) is 0 Å². The van der Waals surface area contributed by atoms with Gasteiger partial charge in [0.05, 0.1) is 23.8 Å². The fourth-order valence-corrected chi connectivity index (χ4v) is 5.03. The maximum Gasteiger partial charge on any atom is 0.339 e. The van der Waals surface area contributed by atoms with Gasteiger partial charge < -0.3 is 18.6 Å². The highest BCUT2D eigenvalue weighted by Crippen LogP contribution is 2.25. The summed E-state index contributed by atoms with van der Waals surface area (Å²) in [6.07, 6.45) is 1.76. The standard InChI is InChI=1S/C26H26ClNO6S/c1-32-20-11-13-23(14-12-20)35(30,31)34-21-7-4-6-19(16-21)17-28(18-22-8-5-15-33-22)26(29)24-9-2-3-10-25(24)27/h2-4,6-7,9-14,16,22H,5,8,15,17-18H2,1H3. The molecule has 0 bridgehead atoms. The molecule has 1 saturated heterocycles. The molecule has 35 heavy (non-hydrogen) atoms. The largest absolute Gasteiger partial charge is 0.497 e. The predicted octanol–water partition coefficient (Wildman–Crippen LogP) is 4.94. The second-order valence-corrected chi connectivity index (χ2v) is 10.1. The first kappa shape index (κ1) is 25.0. The minimum absolute atomic E-state index is 0.0117. The van der Waals surface area contributed by atoms with Crippen LogP contribution in [0, 0.1) is 0 Å². The zero-order valence-corrected chi connectivity index (χ0v) is 20.8. The van der Waals surface area contributed by atoms with Gasteiger partial charge in [-0.25, -0.2) is 0 Å². The predicted molar refractivity (Wildman–Crippen MR) is 132 cm³/mol. The van der Waals surface area contributed by atoms with E-state index in [1.165, 1.54) is 19.2 Å². The Labute approximate surface area is 210 Å². The maximum absolute atomic E-state index is 13.4. The first-order valence-corrected chi connectivity index (χ1v) is 13.0. The van der Waals surface area contributed by atoms with E-state index in [0.717, 1.165) is 12.8 Å². The van der Waals surface area contributed by atoms with Crippen molar-refractivity contribution in [2.24, 2.45) is 0 Å². The van der Waals surface area contributed by atoms with Crippen LogP contribution >= 0.6 is 11.6 Å². The van der Waals surface area contributed by atoms with Crippen LogP contribution in [0.5, 0.6) is 11.5 Å². The number of rotatable bonds is 9. The zero-order chi connectivity index (χ0) is 24.8. The Morgan fingerprint density at radius 1 is 1.06 bits per heavy atom. The lowest BCUT2D eigenvalue weighted by Gasteiger charge is -2.26. The summed E-state index contributed by atoms with van der Waals surface area (Å²) in [5.41, 5.74) is 1.12. The van der Waals surface area contributed by atoms with Crippen LogP contribution < -0.4 is 8.92 Å².